The summed E-state index contributed by atoms with van der Waals surface area (Å²) >= 11 is 9.45. The Labute approximate surface area is 115 Å². The maximum atomic E-state index is 11.5. The molecule has 0 saturated carbocycles. The van der Waals surface area contributed by atoms with E-state index in [1.54, 1.807) is 0 Å². The Morgan fingerprint density at radius 2 is 2.12 bits per heavy atom. The van der Waals surface area contributed by atoms with E-state index >= 15 is 0 Å². The van der Waals surface area contributed by atoms with Crippen LogP contribution < -0.4 is 10.6 Å². The number of rotatable bonds is 4. The third-order valence-corrected chi connectivity index (χ3v) is 3.20. The van der Waals surface area contributed by atoms with Gasteiger partial charge < -0.3 is 10.6 Å². The lowest BCUT2D eigenvalue weighted by Crippen LogP contribution is -2.34. The maximum Gasteiger partial charge on any atom is 0.239 e. The van der Waals surface area contributed by atoms with Gasteiger partial charge in [-0.3, -0.25) is 4.79 Å². The molecule has 0 atom stereocenters. The van der Waals surface area contributed by atoms with E-state index in [1.165, 1.54) is 0 Å². The summed E-state index contributed by atoms with van der Waals surface area (Å²) in [7, 11) is 0. The standard InChI is InChI=1S/C12H16BrClN2O/c1-7(2)16-12(17)6-15-11-5-10(14)8(3)4-9(11)13/h4-5,7,15H,6H2,1-3H3,(H,16,17). The third kappa shape index (κ3) is 4.56. The first-order chi connectivity index (χ1) is 7.90. The molecule has 0 heterocycles. The average molecular weight is 320 g/mol. The molecular weight excluding hydrogens is 304 g/mol. The molecule has 0 aliphatic rings. The lowest BCUT2D eigenvalue weighted by atomic mass is 10.2. The number of hydrogen-bond acceptors (Lipinski definition) is 2. The van der Waals surface area contributed by atoms with Gasteiger partial charge >= 0.3 is 0 Å². The van der Waals surface area contributed by atoms with Gasteiger partial charge in [-0.1, -0.05) is 11.6 Å². The third-order valence-electron chi connectivity index (χ3n) is 2.14. The molecule has 94 valence electrons. The smallest absolute Gasteiger partial charge is 0.239 e. The minimum absolute atomic E-state index is 0.0383. The van der Waals surface area contributed by atoms with Crippen molar-refractivity contribution in [1.29, 1.82) is 0 Å². The van der Waals surface area contributed by atoms with Crippen molar-refractivity contribution in [1.82, 2.24) is 5.32 Å². The van der Waals surface area contributed by atoms with Gasteiger partial charge in [0.05, 0.1) is 12.2 Å². The number of hydrogen-bond donors (Lipinski definition) is 2. The zero-order valence-electron chi connectivity index (χ0n) is 10.1. The molecule has 0 aromatic heterocycles. The maximum absolute atomic E-state index is 11.5. The Morgan fingerprint density at radius 3 is 2.71 bits per heavy atom. The fraction of sp³-hybridized carbons (Fsp3) is 0.417. The van der Waals surface area contributed by atoms with Crippen LogP contribution in [-0.4, -0.2) is 18.5 Å². The van der Waals surface area contributed by atoms with E-state index in [9.17, 15) is 4.79 Å². The summed E-state index contributed by atoms with van der Waals surface area (Å²) in [6, 6.07) is 3.88. The first-order valence-electron chi connectivity index (χ1n) is 5.39. The van der Waals surface area contributed by atoms with Crippen molar-refractivity contribution in [2.75, 3.05) is 11.9 Å². The van der Waals surface area contributed by atoms with Crippen LogP contribution in [0, 0.1) is 6.92 Å². The Morgan fingerprint density at radius 1 is 1.47 bits per heavy atom. The van der Waals surface area contributed by atoms with Crippen molar-refractivity contribution in [2.45, 2.75) is 26.8 Å². The van der Waals surface area contributed by atoms with Crippen molar-refractivity contribution in [3.63, 3.8) is 0 Å². The molecule has 0 unspecified atom stereocenters. The Kier molecular flexibility index (Phi) is 5.28. The van der Waals surface area contributed by atoms with Gasteiger partial charge in [0.25, 0.3) is 0 Å². The summed E-state index contributed by atoms with van der Waals surface area (Å²) in [5.74, 6) is -0.0383. The average Bonchev–Trinajstić information content (AvgIpc) is 2.20. The Hall–Kier alpha value is -0.740. The molecule has 0 bridgehead atoms. The molecule has 1 aromatic carbocycles. The molecule has 1 rings (SSSR count). The first-order valence-corrected chi connectivity index (χ1v) is 6.56. The molecule has 0 spiro atoms. The quantitative estimate of drug-likeness (QED) is 0.893. The number of halogens is 2. The predicted molar refractivity (Wildman–Crippen MR) is 75.7 cm³/mol. The fourth-order valence-electron chi connectivity index (χ4n) is 1.33. The summed E-state index contributed by atoms with van der Waals surface area (Å²) in [6.07, 6.45) is 0. The lowest BCUT2D eigenvalue weighted by Gasteiger charge is -2.12. The lowest BCUT2D eigenvalue weighted by molar-refractivity contribution is -0.119. The van der Waals surface area contributed by atoms with Crippen LogP contribution in [0.5, 0.6) is 0 Å². The second-order valence-corrected chi connectivity index (χ2v) is 5.42. The molecule has 0 fully saturated rings. The highest BCUT2D eigenvalue weighted by molar-refractivity contribution is 9.10. The van der Waals surface area contributed by atoms with Gasteiger partial charge in [0.2, 0.25) is 5.91 Å². The minimum Gasteiger partial charge on any atom is -0.375 e. The second kappa shape index (κ2) is 6.26. The van der Waals surface area contributed by atoms with Crippen molar-refractivity contribution in [3.8, 4) is 0 Å². The van der Waals surface area contributed by atoms with Crippen LogP contribution in [0.15, 0.2) is 16.6 Å². The molecule has 2 N–H and O–H groups in total. The van der Waals surface area contributed by atoms with Crippen molar-refractivity contribution in [2.24, 2.45) is 0 Å². The number of benzene rings is 1. The summed E-state index contributed by atoms with van der Waals surface area (Å²) in [4.78, 5) is 11.5. The molecular formula is C12H16BrClN2O. The van der Waals surface area contributed by atoms with Crippen LogP contribution in [0.25, 0.3) is 0 Å². The van der Waals surface area contributed by atoms with Gasteiger partial charge in [-0.25, -0.2) is 0 Å². The summed E-state index contributed by atoms with van der Waals surface area (Å²) in [5, 5.41) is 6.53. The molecule has 17 heavy (non-hydrogen) atoms. The minimum atomic E-state index is -0.0383. The van der Waals surface area contributed by atoms with E-state index < -0.39 is 0 Å². The molecule has 0 aliphatic heterocycles. The van der Waals surface area contributed by atoms with Gasteiger partial charge in [0.15, 0.2) is 0 Å². The van der Waals surface area contributed by atoms with E-state index in [4.69, 9.17) is 11.6 Å². The van der Waals surface area contributed by atoms with Crippen LogP contribution in [0.3, 0.4) is 0 Å². The molecule has 1 aromatic rings. The SMILES string of the molecule is Cc1cc(Br)c(NCC(=O)NC(C)C)cc1Cl. The van der Waals surface area contributed by atoms with Crippen LogP contribution in [0.2, 0.25) is 5.02 Å². The molecule has 3 nitrogen and oxygen atoms in total. The van der Waals surface area contributed by atoms with E-state index in [0.29, 0.717) is 5.02 Å². The molecule has 0 aliphatic carbocycles. The number of carbonyl (C=O) groups is 1. The number of carbonyl (C=O) groups excluding carboxylic acids is 1. The summed E-state index contributed by atoms with van der Waals surface area (Å²) in [5.41, 5.74) is 1.82. The highest BCUT2D eigenvalue weighted by Gasteiger charge is 2.07. The highest BCUT2D eigenvalue weighted by Crippen LogP contribution is 2.28. The first kappa shape index (κ1) is 14.3. The largest absolute Gasteiger partial charge is 0.375 e. The van der Waals surface area contributed by atoms with Crippen LogP contribution in [0.1, 0.15) is 19.4 Å². The van der Waals surface area contributed by atoms with Crippen LogP contribution in [0.4, 0.5) is 5.69 Å². The fourth-order valence-corrected chi connectivity index (χ4v) is 2.09. The van der Waals surface area contributed by atoms with Crippen LogP contribution >= 0.6 is 27.5 Å². The molecule has 0 saturated heterocycles. The van der Waals surface area contributed by atoms with Crippen molar-refractivity contribution in [3.05, 3.63) is 27.2 Å². The van der Waals surface area contributed by atoms with Crippen molar-refractivity contribution >= 4 is 39.1 Å². The van der Waals surface area contributed by atoms with E-state index in [-0.39, 0.29) is 18.5 Å². The van der Waals surface area contributed by atoms with E-state index in [0.717, 1.165) is 15.7 Å². The highest BCUT2D eigenvalue weighted by atomic mass is 79.9. The predicted octanol–water partition coefficient (Wildman–Crippen LogP) is 3.35. The normalized spacial score (nSPS) is 10.5. The van der Waals surface area contributed by atoms with Crippen molar-refractivity contribution < 1.29 is 4.79 Å². The number of amides is 1. The topological polar surface area (TPSA) is 41.1 Å². The number of anilines is 1. The number of aryl methyl sites for hydroxylation is 1. The van der Waals surface area contributed by atoms with Gasteiger partial charge in [-0.2, -0.15) is 0 Å². The van der Waals surface area contributed by atoms with Crippen LogP contribution in [-0.2, 0) is 4.79 Å². The van der Waals surface area contributed by atoms with Gasteiger partial charge in [-0.05, 0) is 54.4 Å². The second-order valence-electron chi connectivity index (χ2n) is 4.16. The number of nitrogens with one attached hydrogen (secondary N) is 2. The summed E-state index contributed by atoms with van der Waals surface area (Å²) < 4.78 is 0.900. The summed E-state index contributed by atoms with van der Waals surface area (Å²) in [6.45, 7) is 6.02. The van der Waals surface area contributed by atoms with Gasteiger partial charge in [0, 0.05) is 15.5 Å². The zero-order chi connectivity index (χ0) is 13.0. The van der Waals surface area contributed by atoms with E-state index in [1.807, 2.05) is 32.9 Å². The molecule has 5 heteroatoms. The Bertz CT molecular complexity index is 421. The van der Waals surface area contributed by atoms with E-state index in [2.05, 4.69) is 26.6 Å². The zero-order valence-corrected chi connectivity index (χ0v) is 12.4. The van der Waals surface area contributed by atoms with Gasteiger partial charge in [-0.15, -0.1) is 0 Å². The Balaban J connectivity index is 2.63. The van der Waals surface area contributed by atoms with Gasteiger partial charge in [0.1, 0.15) is 0 Å². The monoisotopic (exact) mass is 318 g/mol. The molecule has 1 amide bonds. The molecule has 0 radical (unpaired) electrons.